The predicted octanol–water partition coefficient (Wildman–Crippen LogP) is 12.8. The quantitative estimate of drug-likeness (QED) is 0.141. The third-order valence-electron chi connectivity index (χ3n) is 7.53. The predicted molar refractivity (Wildman–Crippen MR) is 186 cm³/mol. The Morgan fingerprint density at radius 1 is 0.698 bits per heavy atom. The maximum Gasteiger partial charge on any atom is 0.255 e. The lowest BCUT2D eigenvalue weighted by atomic mass is 10.0. The van der Waals surface area contributed by atoms with E-state index in [4.69, 9.17) is 62.7 Å². The fraction of sp³-hybridized carbons (Fsp3) is 0.576. The van der Waals surface area contributed by atoms with Crippen LogP contribution in [-0.4, -0.2) is 18.3 Å². The molecular weight excluding hydrogens is 648 g/mol. The molecular formula is C33H44Cl5N3O2. The Morgan fingerprint density at radius 3 is 1.74 bits per heavy atom. The highest BCUT2D eigenvalue weighted by molar-refractivity contribution is 6.43. The van der Waals surface area contributed by atoms with Gasteiger partial charge in [-0.15, -0.1) is 0 Å². The van der Waals surface area contributed by atoms with Gasteiger partial charge in [-0.05, 0) is 24.6 Å². The summed E-state index contributed by atoms with van der Waals surface area (Å²) in [4.78, 5) is 12.7. The first-order valence-electron chi connectivity index (χ1n) is 15.7. The molecule has 0 unspecified atom stereocenters. The number of amidine groups is 1. The molecule has 1 heterocycles. The maximum atomic E-state index is 12.7. The van der Waals surface area contributed by atoms with E-state index in [2.05, 4.69) is 17.3 Å². The van der Waals surface area contributed by atoms with E-state index < -0.39 is 0 Å². The number of hydrogen-bond acceptors (Lipinski definition) is 4. The summed E-state index contributed by atoms with van der Waals surface area (Å²) in [5.41, 5.74) is 0.814. The molecule has 0 aliphatic carbocycles. The van der Waals surface area contributed by atoms with Crippen LogP contribution in [0.4, 0.5) is 11.4 Å². The molecule has 43 heavy (non-hydrogen) atoms. The summed E-state index contributed by atoms with van der Waals surface area (Å²) in [5.74, 6) is 0.624. The highest BCUT2D eigenvalue weighted by Crippen LogP contribution is 2.39. The Morgan fingerprint density at radius 2 is 1.21 bits per heavy atom. The summed E-state index contributed by atoms with van der Waals surface area (Å²) in [7, 11) is 0. The van der Waals surface area contributed by atoms with Crippen molar-refractivity contribution in [2.75, 3.05) is 16.9 Å². The molecule has 0 atom stereocenters. The number of hydrogen-bond donors (Lipinski definition) is 1. The number of anilines is 2. The second-order valence-electron chi connectivity index (χ2n) is 11.2. The van der Waals surface area contributed by atoms with E-state index in [0.717, 1.165) is 12.8 Å². The van der Waals surface area contributed by atoms with E-state index >= 15 is 0 Å². The molecule has 2 aromatic rings. The van der Waals surface area contributed by atoms with E-state index in [0.29, 0.717) is 38.9 Å². The second kappa shape index (κ2) is 19.9. The standard InChI is InChI=1S/C33H44Cl5N3O2/c1-2-3-4-5-6-7-8-9-10-11-12-13-14-15-16-17-18-43-30-22-29(25(35)21-26(30)36)39-31-23-32(42)41(40-31)33-27(37)19-24(34)20-28(33)38/h19-22H,2-18,23H2,1H3,(H,39,40). The number of ether oxygens (including phenoxy) is 1. The van der Waals surface area contributed by atoms with Gasteiger partial charge in [0, 0.05) is 11.1 Å². The highest BCUT2D eigenvalue weighted by Gasteiger charge is 2.29. The van der Waals surface area contributed by atoms with Crippen LogP contribution >= 0.6 is 58.0 Å². The van der Waals surface area contributed by atoms with Gasteiger partial charge >= 0.3 is 0 Å². The van der Waals surface area contributed by atoms with Gasteiger partial charge in [-0.1, -0.05) is 161 Å². The van der Waals surface area contributed by atoms with Gasteiger partial charge in [-0.25, -0.2) is 0 Å². The molecule has 1 aliphatic rings. The number of nitrogens with one attached hydrogen (secondary N) is 1. The molecule has 0 spiro atoms. The summed E-state index contributed by atoms with van der Waals surface area (Å²) >= 11 is 31.4. The fourth-order valence-electron chi connectivity index (χ4n) is 5.13. The van der Waals surface area contributed by atoms with Crippen LogP contribution in [0.2, 0.25) is 25.1 Å². The minimum absolute atomic E-state index is 0.0175. The van der Waals surface area contributed by atoms with Gasteiger partial charge in [-0.2, -0.15) is 10.1 Å². The molecule has 5 nitrogen and oxygen atoms in total. The number of carbonyl (C=O) groups is 1. The zero-order valence-electron chi connectivity index (χ0n) is 25.1. The van der Waals surface area contributed by atoms with Gasteiger partial charge in [0.1, 0.15) is 17.3 Å². The summed E-state index contributed by atoms with van der Waals surface area (Å²) in [6.07, 6.45) is 21.2. The Balaban J connectivity index is 1.33. The molecule has 1 aliphatic heterocycles. The first-order valence-corrected chi connectivity index (χ1v) is 17.6. The zero-order valence-corrected chi connectivity index (χ0v) is 28.9. The Kier molecular flexibility index (Phi) is 16.7. The number of nitrogens with zero attached hydrogens (tertiary/aromatic N) is 2. The molecule has 238 valence electrons. The van der Waals surface area contributed by atoms with Crippen molar-refractivity contribution in [2.24, 2.45) is 5.10 Å². The lowest BCUT2D eigenvalue weighted by molar-refractivity contribution is -0.116. The van der Waals surface area contributed by atoms with Crippen molar-refractivity contribution in [3.8, 4) is 5.75 Å². The molecule has 2 aromatic carbocycles. The number of halogens is 5. The van der Waals surface area contributed by atoms with Gasteiger partial charge in [-0.3, -0.25) is 4.79 Å². The van der Waals surface area contributed by atoms with Crippen LogP contribution in [0, 0.1) is 0 Å². The lowest BCUT2D eigenvalue weighted by Gasteiger charge is -2.15. The van der Waals surface area contributed by atoms with E-state index in [1.807, 2.05) is 0 Å². The highest BCUT2D eigenvalue weighted by atomic mass is 35.5. The zero-order chi connectivity index (χ0) is 31.0. The molecule has 0 saturated carbocycles. The van der Waals surface area contributed by atoms with E-state index in [-0.39, 0.29) is 28.1 Å². The molecule has 0 aromatic heterocycles. The number of unbranched alkanes of at least 4 members (excludes halogenated alkanes) is 15. The minimum atomic E-state index is -0.293. The monoisotopic (exact) mass is 689 g/mol. The molecule has 1 N–H and O–H groups in total. The smallest absolute Gasteiger partial charge is 0.255 e. The van der Waals surface area contributed by atoms with E-state index in [1.165, 1.54) is 107 Å². The molecule has 10 heteroatoms. The number of rotatable bonds is 20. The van der Waals surface area contributed by atoms with Crippen LogP contribution in [0.3, 0.4) is 0 Å². The van der Waals surface area contributed by atoms with Crippen molar-refractivity contribution in [1.29, 1.82) is 0 Å². The Hall–Kier alpha value is -1.37. The number of hydrazone groups is 1. The van der Waals surface area contributed by atoms with Gasteiger partial charge in [0.15, 0.2) is 0 Å². The van der Waals surface area contributed by atoms with Crippen molar-refractivity contribution in [3.63, 3.8) is 0 Å². The number of amides is 1. The van der Waals surface area contributed by atoms with Crippen molar-refractivity contribution in [2.45, 2.75) is 116 Å². The number of carbonyl (C=O) groups excluding carboxylic acids is 1. The molecule has 0 fully saturated rings. The van der Waals surface area contributed by atoms with Crippen molar-refractivity contribution in [3.05, 3.63) is 49.4 Å². The second-order valence-corrected chi connectivity index (χ2v) is 13.3. The van der Waals surface area contributed by atoms with Gasteiger partial charge in [0.05, 0.1) is 38.8 Å². The van der Waals surface area contributed by atoms with Gasteiger partial charge in [0.25, 0.3) is 5.91 Å². The van der Waals surface area contributed by atoms with Crippen LogP contribution in [0.25, 0.3) is 0 Å². The topological polar surface area (TPSA) is 53.9 Å². The van der Waals surface area contributed by atoms with Crippen molar-refractivity contribution in [1.82, 2.24) is 0 Å². The largest absolute Gasteiger partial charge is 0.492 e. The normalized spacial score (nSPS) is 13.1. The Labute approximate surface area is 282 Å². The molecule has 0 saturated heterocycles. The minimum Gasteiger partial charge on any atom is -0.492 e. The molecule has 0 bridgehead atoms. The van der Waals surface area contributed by atoms with Crippen molar-refractivity contribution >= 4 is 81.1 Å². The third kappa shape index (κ3) is 12.5. The summed E-state index contributed by atoms with van der Waals surface area (Å²) in [6, 6.07) is 6.38. The molecule has 3 rings (SSSR count). The third-order valence-corrected chi connectivity index (χ3v) is 8.93. The SMILES string of the molecule is CCCCCCCCCCCCCCCCCCOc1cc(NC2=NN(c3c(Cl)cc(Cl)cc3Cl)C(=O)C2)c(Cl)cc1Cl. The van der Waals surface area contributed by atoms with Crippen LogP contribution < -0.4 is 15.1 Å². The Bertz CT molecular complexity index is 1180. The number of benzene rings is 2. The van der Waals surface area contributed by atoms with Crippen LogP contribution in [-0.2, 0) is 4.79 Å². The summed E-state index contributed by atoms with van der Waals surface area (Å²) in [6.45, 7) is 2.84. The molecule has 0 radical (unpaired) electrons. The molecule has 1 amide bonds. The first kappa shape index (κ1) is 36.1. The van der Waals surface area contributed by atoms with Gasteiger partial charge in [0.2, 0.25) is 0 Å². The average molecular weight is 692 g/mol. The van der Waals surface area contributed by atoms with E-state index in [1.54, 1.807) is 12.1 Å². The average Bonchev–Trinajstić information content (AvgIpc) is 3.31. The summed E-state index contributed by atoms with van der Waals surface area (Å²) < 4.78 is 5.98. The van der Waals surface area contributed by atoms with Gasteiger partial charge < -0.3 is 10.1 Å². The fourth-order valence-corrected chi connectivity index (χ4v) is 6.60. The van der Waals surface area contributed by atoms with Crippen LogP contribution in [0.5, 0.6) is 5.75 Å². The van der Waals surface area contributed by atoms with E-state index in [9.17, 15) is 4.79 Å². The van der Waals surface area contributed by atoms with Crippen molar-refractivity contribution < 1.29 is 9.53 Å². The lowest BCUT2D eigenvalue weighted by Crippen LogP contribution is -2.20. The van der Waals surface area contributed by atoms with Crippen LogP contribution in [0.1, 0.15) is 116 Å². The maximum absolute atomic E-state index is 12.7. The summed E-state index contributed by atoms with van der Waals surface area (Å²) in [5, 5.41) is 10.3. The van der Waals surface area contributed by atoms with Crippen LogP contribution in [0.15, 0.2) is 29.4 Å². The first-order chi connectivity index (χ1) is 20.8.